The maximum Gasteiger partial charge on any atom is 0.308 e. The first-order chi connectivity index (χ1) is 9.47. The van der Waals surface area contributed by atoms with Gasteiger partial charge in [-0.2, -0.15) is 5.10 Å². The molecule has 1 N–H and O–H groups in total. The van der Waals surface area contributed by atoms with E-state index in [2.05, 4.69) is 10.1 Å². The zero-order valence-corrected chi connectivity index (χ0v) is 11.0. The van der Waals surface area contributed by atoms with E-state index >= 15 is 0 Å². The third kappa shape index (κ3) is 3.00. The summed E-state index contributed by atoms with van der Waals surface area (Å²) >= 11 is 0. The number of carbonyl (C=O) groups is 2. The first-order valence-corrected chi connectivity index (χ1v) is 5.85. The molecule has 20 heavy (non-hydrogen) atoms. The number of carbonyl (C=O) groups excluding carboxylic acids is 2. The lowest BCUT2D eigenvalue weighted by Gasteiger charge is -2.10. The Morgan fingerprint density at radius 2 is 2.15 bits per heavy atom. The summed E-state index contributed by atoms with van der Waals surface area (Å²) < 4.78 is 6.29. The van der Waals surface area contributed by atoms with E-state index in [1.807, 2.05) is 0 Å². The number of Topliss-reactive ketones (excluding diaryl/α,β-unsaturated/α-hetero) is 1. The van der Waals surface area contributed by atoms with Crippen LogP contribution in [0, 0.1) is 6.92 Å². The Bertz CT molecular complexity index is 650. The lowest BCUT2D eigenvalue weighted by atomic mass is 10.1. The summed E-state index contributed by atoms with van der Waals surface area (Å²) in [5.74, 6) is -0.816. The van der Waals surface area contributed by atoms with Crippen LogP contribution < -0.4 is 4.74 Å². The maximum atomic E-state index is 12.1. The molecule has 0 aliphatic rings. The molecular weight excluding hydrogens is 262 g/mol. The van der Waals surface area contributed by atoms with E-state index in [9.17, 15) is 14.7 Å². The first kappa shape index (κ1) is 13.7. The summed E-state index contributed by atoms with van der Waals surface area (Å²) in [4.78, 5) is 26.7. The van der Waals surface area contributed by atoms with Crippen LogP contribution in [-0.2, 0) is 11.3 Å². The van der Waals surface area contributed by atoms with Crippen molar-refractivity contribution in [3.05, 3.63) is 35.9 Å². The Morgan fingerprint density at radius 3 is 2.75 bits per heavy atom. The molecule has 2 aromatic rings. The number of phenolic OH excluding ortho intramolecular Hbond substituents is 1. The van der Waals surface area contributed by atoms with Gasteiger partial charge in [-0.05, 0) is 18.6 Å². The van der Waals surface area contributed by atoms with Gasteiger partial charge in [0.15, 0.2) is 5.78 Å². The second kappa shape index (κ2) is 5.52. The molecule has 0 saturated carbocycles. The van der Waals surface area contributed by atoms with Crippen LogP contribution in [0.3, 0.4) is 0 Å². The Kier molecular flexibility index (Phi) is 3.79. The number of benzene rings is 1. The van der Waals surface area contributed by atoms with Crippen LogP contribution in [0.1, 0.15) is 22.8 Å². The Balaban J connectivity index is 2.26. The minimum Gasteiger partial charge on any atom is -0.507 e. The molecule has 104 valence electrons. The van der Waals surface area contributed by atoms with E-state index in [-0.39, 0.29) is 29.4 Å². The zero-order valence-electron chi connectivity index (χ0n) is 11.0. The van der Waals surface area contributed by atoms with Crippen molar-refractivity contribution in [3.8, 4) is 11.5 Å². The van der Waals surface area contributed by atoms with Crippen molar-refractivity contribution < 1.29 is 19.4 Å². The van der Waals surface area contributed by atoms with Gasteiger partial charge in [0.05, 0.1) is 5.56 Å². The summed E-state index contributed by atoms with van der Waals surface area (Å²) in [5.41, 5.74) is 0.730. The largest absolute Gasteiger partial charge is 0.507 e. The number of esters is 1. The molecular formula is C13H13N3O4. The number of aromatic hydroxyl groups is 1. The molecule has 0 bridgehead atoms. The summed E-state index contributed by atoms with van der Waals surface area (Å²) in [7, 11) is 0. The Labute approximate surface area is 114 Å². The van der Waals surface area contributed by atoms with Crippen LogP contribution in [-0.4, -0.2) is 31.6 Å². The predicted octanol–water partition coefficient (Wildman–Crippen LogP) is 1.10. The molecule has 0 radical (unpaired) electrons. The third-order valence-electron chi connectivity index (χ3n) is 2.62. The van der Waals surface area contributed by atoms with Gasteiger partial charge in [-0.25, -0.2) is 9.67 Å². The monoisotopic (exact) mass is 275 g/mol. The molecule has 0 amide bonds. The van der Waals surface area contributed by atoms with Crippen molar-refractivity contribution in [2.75, 3.05) is 0 Å². The van der Waals surface area contributed by atoms with Gasteiger partial charge in [-0.1, -0.05) is 0 Å². The fourth-order valence-corrected chi connectivity index (χ4v) is 1.71. The van der Waals surface area contributed by atoms with Crippen molar-refractivity contribution in [2.45, 2.75) is 20.4 Å². The molecule has 0 aliphatic heterocycles. The van der Waals surface area contributed by atoms with Crippen LogP contribution in [0.25, 0.3) is 0 Å². The average molecular weight is 275 g/mol. The minimum atomic E-state index is -0.491. The number of ketones is 1. The number of rotatable bonds is 4. The van der Waals surface area contributed by atoms with E-state index in [1.165, 1.54) is 36.4 Å². The second-order valence-electron chi connectivity index (χ2n) is 4.24. The van der Waals surface area contributed by atoms with Gasteiger partial charge in [0.25, 0.3) is 0 Å². The summed E-state index contributed by atoms with van der Waals surface area (Å²) in [5, 5.41) is 13.7. The predicted molar refractivity (Wildman–Crippen MR) is 68.5 cm³/mol. The van der Waals surface area contributed by atoms with Crippen LogP contribution in [0.4, 0.5) is 0 Å². The van der Waals surface area contributed by atoms with E-state index in [0.717, 1.165) is 0 Å². The minimum absolute atomic E-state index is 0.0279. The highest BCUT2D eigenvalue weighted by molar-refractivity contribution is 5.98. The molecule has 2 rings (SSSR count). The van der Waals surface area contributed by atoms with Gasteiger partial charge in [0, 0.05) is 13.0 Å². The number of phenols is 1. The van der Waals surface area contributed by atoms with Crippen molar-refractivity contribution in [1.29, 1.82) is 0 Å². The standard InChI is InChI=1S/C13H13N3O4/c1-8-3-10(11(18)4-13(8)20-9(2)17)12(19)5-16-7-14-6-15-16/h3-4,6-7,18H,5H2,1-2H3. The van der Waals surface area contributed by atoms with Gasteiger partial charge in [0.1, 0.15) is 30.7 Å². The summed E-state index contributed by atoms with van der Waals surface area (Å²) in [6, 6.07) is 2.73. The van der Waals surface area contributed by atoms with Crippen LogP contribution in [0.15, 0.2) is 24.8 Å². The molecule has 7 heteroatoms. The number of nitrogens with zero attached hydrogens (tertiary/aromatic N) is 3. The summed E-state index contributed by atoms with van der Waals surface area (Å²) in [6.07, 6.45) is 2.73. The second-order valence-corrected chi connectivity index (χ2v) is 4.24. The molecule has 0 atom stereocenters. The van der Waals surface area contributed by atoms with Crippen molar-refractivity contribution >= 4 is 11.8 Å². The zero-order chi connectivity index (χ0) is 14.7. The number of aromatic nitrogens is 3. The van der Waals surface area contributed by atoms with Gasteiger partial charge >= 0.3 is 5.97 Å². The van der Waals surface area contributed by atoms with Gasteiger partial charge in [0.2, 0.25) is 0 Å². The van der Waals surface area contributed by atoms with Crippen LogP contribution in [0.5, 0.6) is 11.5 Å². The molecule has 1 heterocycles. The van der Waals surface area contributed by atoms with Gasteiger partial charge < -0.3 is 9.84 Å². The van der Waals surface area contributed by atoms with E-state index in [4.69, 9.17) is 4.74 Å². The number of aryl methyl sites for hydroxylation is 1. The molecule has 1 aromatic heterocycles. The Morgan fingerprint density at radius 1 is 1.40 bits per heavy atom. The van der Waals surface area contributed by atoms with Crippen molar-refractivity contribution in [2.24, 2.45) is 0 Å². The molecule has 7 nitrogen and oxygen atoms in total. The average Bonchev–Trinajstić information content (AvgIpc) is 2.85. The summed E-state index contributed by atoms with van der Waals surface area (Å²) in [6.45, 7) is 2.92. The molecule has 1 aromatic carbocycles. The van der Waals surface area contributed by atoms with Gasteiger partial charge in [-0.15, -0.1) is 0 Å². The van der Waals surface area contributed by atoms with E-state index in [0.29, 0.717) is 5.56 Å². The van der Waals surface area contributed by atoms with E-state index in [1.54, 1.807) is 6.92 Å². The van der Waals surface area contributed by atoms with Crippen molar-refractivity contribution in [1.82, 2.24) is 14.8 Å². The molecule has 0 spiro atoms. The highest BCUT2D eigenvalue weighted by Crippen LogP contribution is 2.28. The fraction of sp³-hybridized carbons (Fsp3) is 0.231. The Hall–Kier alpha value is -2.70. The molecule has 0 aliphatic carbocycles. The number of hydrogen-bond donors (Lipinski definition) is 1. The third-order valence-corrected chi connectivity index (χ3v) is 2.62. The van der Waals surface area contributed by atoms with E-state index < -0.39 is 5.97 Å². The fourth-order valence-electron chi connectivity index (χ4n) is 1.71. The van der Waals surface area contributed by atoms with Crippen LogP contribution in [0.2, 0.25) is 0 Å². The van der Waals surface area contributed by atoms with Crippen LogP contribution >= 0.6 is 0 Å². The van der Waals surface area contributed by atoms with Gasteiger partial charge in [-0.3, -0.25) is 9.59 Å². The normalized spacial score (nSPS) is 10.3. The highest BCUT2D eigenvalue weighted by atomic mass is 16.5. The molecule has 0 saturated heterocycles. The quantitative estimate of drug-likeness (QED) is 0.510. The van der Waals surface area contributed by atoms with Crippen molar-refractivity contribution in [3.63, 3.8) is 0 Å². The highest BCUT2D eigenvalue weighted by Gasteiger charge is 2.16. The SMILES string of the molecule is CC(=O)Oc1cc(O)c(C(=O)Cn2cncn2)cc1C. The lowest BCUT2D eigenvalue weighted by molar-refractivity contribution is -0.131. The molecule has 0 unspecified atom stereocenters. The lowest BCUT2D eigenvalue weighted by Crippen LogP contribution is -2.12. The first-order valence-electron chi connectivity index (χ1n) is 5.85. The smallest absolute Gasteiger partial charge is 0.308 e. The number of hydrogen-bond acceptors (Lipinski definition) is 6. The topological polar surface area (TPSA) is 94.3 Å². The molecule has 0 fully saturated rings. The number of ether oxygens (including phenoxy) is 1. The maximum absolute atomic E-state index is 12.1.